The summed E-state index contributed by atoms with van der Waals surface area (Å²) in [6.07, 6.45) is 2.30. The summed E-state index contributed by atoms with van der Waals surface area (Å²) in [5.41, 5.74) is 6.53. The highest BCUT2D eigenvalue weighted by Crippen LogP contribution is 2.25. The van der Waals surface area contributed by atoms with E-state index in [4.69, 9.17) is 10.5 Å². The van der Waals surface area contributed by atoms with Crippen LogP contribution in [0.1, 0.15) is 23.7 Å². The van der Waals surface area contributed by atoms with Crippen LogP contribution in [0, 0.1) is 0 Å². The third kappa shape index (κ3) is 2.98. The molecule has 1 amide bonds. The molecule has 20 heavy (non-hydrogen) atoms. The maximum Gasteiger partial charge on any atom is 0.340 e. The topological polar surface area (TPSA) is 97.5 Å². The molecule has 0 atom stereocenters. The second-order valence-electron chi connectivity index (χ2n) is 4.44. The zero-order valence-corrected chi connectivity index (χ0v) is 11.4. The minimum absolute atomic E-state index is 0.0785. The third-order valence-corrected chi connectivity index (χ3v) is 3.03. The summed E-state index contributed by atoms with van der Waals surface area (Å²) in [6.45, 7) is 3.48. The Hall–Kier alpha value is -2.31. The fourth-order valence-corrected chi connectivity index (χ4v) is 2.09. The fourth-order valence-electron chi connectivity index (χ4n) is 2.09. The molecule has 1 aromatic rings. The normalized spacial score (nSPS) is 15.4. The molecule has 1 aromatic heterocycles. The minimum atomic E-state index is -0.479. The van der Waals surface area contributed by atoms with Gasteiger partial charge in [-0.05, 0) is 19.4 Å². The Bertz CT molecular complexity index is 518. The molecule has 108 valence electrons. The smallest absolute Gasteiger partial charge is 0.340 e. The van der Waals surface area contributed by atoms with Crippen LogP contribution in [0.4, 0.5) is 11.5 Å². The largest absolute Gasteiger partial charge is 0.462 e. The van der Waals surface area contributed by atoms with Crippen LogP contribution in [0.3, 0.4) is 0 Å². The van der Waals surface area contributed by atoms with Crippen LogP contribution in [-0.4, -0.2) is 43.1 Å². The molecule has 1 fully saturated rings. The van der Waals surface area contributed by atoms with Gasteiger partial charge in [-0.15, -0.1) is 0 Å². The van der Waals surface area contributed by atoms with Crippen LogP contribution in [0.15, 0.2) is 12.3 Å². The van der Waals surface area contributed by atoms with Gasteiger partial charge in [0, 0.05) is 19.3 Å². The molecule has 1 saturated heterocycles. The van der Waals surface area contributed by atoms with Crippen molar-refractivity contribution >= 4 is 23.4 Å². The average Bonchev–Trinajstić information content (AvgIpc) is 2.64. The Labute approximate surface area is 117 Å². The molecule has 0 unspecified atom stereocenters. The Kier molecular flexibility index (Phi) is 4.39. The lowest BCUT2D eigenvalue weighted by Gasteiger charge is -2.22. The van der Waals surface area contributed by atoms with Gasteiger partial charge in [0.05, 0.1) is 24.4 Å². The van der Waals surface area contributed by atoms with E-state index in [2.05, 4.69) is 10.3 Å². The predicted octanol–water partition coefficient (Wildman–Crippen LogP) is 0.167. The first kappa shape index (κ1) is 14.1. The van der Waals surface area contributed by atoms with Gasteiger partial charge in [0.1, 0.15) is 0 Å². The lowest BCUT2D eigenvalue weighted by Crippen LogP contribution is -2.34. The number of nitrogen functional groups attached to an aromatic ring is 1. The van der Waals surface area contributed by atoms with Crippen LogP contribution in [-0.2, 0) is 9.53 Å². The number of ether oxygens (including phenoxy) is 1. The summed E-state index contributed by atoms with van der Waals surface area (Å²) in [4.78, 5) is 29.4. The number of hydrogen-bond acceptors (Lipinski definition) is 6. The van der Waals surface area contributed by atoms with Gasteiger partial charge in [-0.2, -0.15) is 0 Å². The van der Waals surface area contributed by atoms with Crippen LogP contribution in [0.25, 0.3) is 0 Å². The van der Waals surface area contributed by atoms with Crippen molar-refractivity contribution in [1.82, 2.24) is 10.3 Å². The number of hydrogen-bond donors (Lipinski definition) is 2. The molecule has 0 saturated carbocycles. The van der Waals surface area contributed by atoms with E-state index in [1.807, 2.05) is 0 Å². The van der Waals surface area contributed by atoms with E-state index in [-0.39, 0.29) is 30.3 Å². The number of carbonyl (C=O) groups excluding carboxylic acids is 2. The van der Waals surface area contributed by atoms with E-state index >= 15 is 0 Å². The van der Waals surface area contributed by atoms with Gasteiger partial charge in [-0.1, -0.05) is 0 Å². The lowest BCUT2D eigenvalue weighted by atomic mass is 10.2. The molecule has 3 N–H and O–H groups in total. The average molecular weight is 278 g/mol. The molecule has 0 aromatic carbocycles. The molecule has 2 rings (SSSR count). The predicted molar refractivity (Wildman–Crippen MR) is 74.4 cm³/mol. The third-order valence-electron chi connectivity index (χ3n) is 3.03. The number of nitrogens with two attached hydrogens (primary N) is 1. The molecule has 0 spiro atoms. The van der Waals surface area contributed by atoms with Crippen molar-refractivity contribution in [3.8, 4) is 0 Å². The lowest BCUT2D eigenvalue weighted by molar-refractivity contribution is -0.119. The van der Waals surface area contributed by atoms with Crippen LogP contribution >= 0.6 is 0 Å². The first-order chi connectivity index (χ1) is 9.63. The Morgan fingerprint density at radius 1 is 1.60 bits per heavy atom. The second-order valence-corrected chi connectivity index (χ2v) is 4.44. The van der Waals surface area contributed by atoms with Crippen LogP contribution in [0.2, 0.25) is 0 Å². The van der Waals surface area contributed by atoms with E-state index in [0.717, 1.165) is 6.42 Å². The SMILES string of the molecule is CCOC(=O)c1ccnc(N2CCCNC(=O)C2)c1N. The minimum Gasteiger partial charge on any atom is -0.462 e. The van der Waals surface area contributed by atoms with Gasteiger partial charge >= 0.3 is 5.97 Å². The molecule has 0 radical (unpaired) electrons. The van der Waals surface area contributed by atoms with Gasteiger partial charge < -0.3 is 20.7 Å². The van der Waals surface area contributed by atoms with Gasteiger partial charge in [-0.25, -0.2) is 9.78 Å². The number of amides is 1. The molecule has 1 aliphatic rings. The van der Waals surface area contributed by atoms with Crippen molar-refractivity contribution in [2.75, 3.05) is 36.9 Å². The zero-order chi connectivity index (χ0) is 14.5. The fraction of sp³-hybridized carbons (Fsp3) is 0.462. The molecule has 0 aliphatic carbocycles. The molecule has 2 heterocycles. The summed E-state index contributed by atoms with van der Waals surface area (Å²) in [7, 11) is 0. The number of pyridine rings is 1. The number of rotatable bonds is 3. The van der Waals surface area contributed by atoms with Crippen molar-refractivity contribution < 1.29 is 14.3 Å². The van der Waals surface area contributed by atoms with Crippen molar-refractivity contribution in [2.24, 2.45) is 0 Å². The van der Waals surface area contributed by atoms with E-state index in [1.54, 1.807) is 11.8 Å². The highest BCUT2D eigenvalue weighted by Gasteiger charge is 2.21. The summed E-state index contributed by atoms with van der Waals surface area (Å²) in [5.74, 6) is -0.106. The van der Waals surface area contributed by atoms with E-state index in [0.29, 0.717) is 18.9 Å². The van der Waals surface area contributed by atoms with Gasteiger partial charge in [0.15, 0.2) is 5.82 Å². The van der Waals surface area contributed by atoms with E-state index < -0.39 is 5.97 Å². The van der Waals surface area contributed by atoms with Crippen molar-refractivity contribution in [1.29, 1.82) is 0 Å². The van der Waals surface area contributed by atoms with Crippen molar-refractivity contribution in [2.45, 2.75) is 13.3 Å². The number of carbonyl (C=O) groups is 2. The maximum absolute atomic E-state index is 11.8. The number of aromatic nitrogens is 1. The summed E-state index contributed by atoms with van der Waals surface area (Å²) < 4.78 is 4.95. The Morgan fingerprint density at radius 3 is 3.15 bits per heavy atom. The molecule has 7 heteroatoms. The Morgan fingerprint density at radius 2 is 2.40 bits per heavy atom. The number of nitrogens with one attached hydrogen (secondary N) is 1. The molecular formula is C13H18N4O3. The Balaban J connectivity index is 2.29. The van der Waals surface area contributed by atoms with Crippen molar-refractivity contribution in [3.05, 3.63) is 17.8 Å². The first-order valence-corrected chi connectivity index (χ1v) is 6.56. The maximum atomic E-state index is 11.8. The molecule has 7 nitrogen and oxygen atoms in total. The molecular weight excluding hydrogens is 260 g/mol. The molecule has 1 aliphatic heterocycles. The number of anilines is 2. The van der Waals surface area contributed by atoms with Crippen LogP contribution < -0.4 is 16.0 Å². The van der Waals surface area contributed by atoms with Gasteiger partial charge in [0.2, 0.25) is 5.91 Å². The zero-order valence-electron chi connectivity index (χ0n) is 11.4. The highest BCUT2D eigenvalue weighted by atomic mass is 16.5. The second kappa shape index (κ2) is 6.23. The standard InChI is InChI=1S/C13H18N4O3/c1-2-20-13(19)9-4-6-16-12(11(9)14)17-7-3-5-15-10(18)8-17/h4,6H,2-3,5,7-8,14H2,1H3,(H,15,18). The summed E-state index contributed by atoms with van der Waals surface area (Å²) in [5, 5.41) is 2.78. The van der Waals surface area contributed by atoms with Crippen molar-refractivity contribution in [3.63, 3.8) is 0 Å². The number of esters is 1. The molecule has 0 bridgehead atoms. The number of nitrogens with zero attached hydrogens (tertiary/aromatic N) is 2. The first-order valence-electron chi connectivity index (χ1n) is 6.56. The monoisotopic (exact) mass is 278 g/mol. The van der Waals surface area contributed by atoms with Crippen LogP contribution in [0.5, 0.6) is 0 Å². The van der Waals surface area contributed by atoms with E-state index in [1.165, 1.54) is 12.3 Å². The van der Waals surface area contributed by atoms with Gasteiger partial charge in [0.25, 0.3) is 0 Å². The van der Waals surface area contributed by atoms with Gasteiger partial charge in [-0.3, -0.25) is 4.79 Å². The van der Waals surface area contributed by atoms with E-state index in [9.17, 15) is 9.59 Å². The quantitative estimate of drug-likeness (QED) is 0.765. The highest BCUT2D eigenvalue weighted by molar-refractivity contribution is 5.98. The summed E-state index contributed by atoms with van der Waals surface area (Å²) >= 11 is 0. The summed E-state index contributed by atoms with van der Waals surface area (Å²) in [6, 6.07) is 1.52.